The van der Waals surface area contributed by atoms with Crippen LogP contribution in [0.4, 0.5) is 0 Å². The summed E-state index contributed by atoms with van der Waals surface area (Å²) in [7, 11) is 0. The van der Waals surface area contributed by atoms with Crippen molar-refractivity contribution in [3.8, 4) is 5.69 Å². The smallest absolute Gasteiger partial charge is 0.253 e. The van der Waals surface area contributed by atoms with Crippen molar-refractivity contribution in [2.75, 3.05) is 0 Å². The third-order valence-electron chi connectivity index (χ3n) is 3.83. The summed E-state index contributed by atoms with van der Waals surface area (Å²) in [6, 6.07) is 11.5. The van der Waals surface area contributed by atoms with Gasteiger partial charge in [0.1, 0.15) is 0 Å². The lowest BCUT2D eigenvalue weighted by Crippen LogP contribution is -2.27. The number of hydrogen-bond donors (Lipinski definition) is 1. The Morgan fingerprint density at radius 1 is 1.21 bits per heavy atom. The molecule has 1 unspecified atom stereocenters. The van der Waals surface area contributed by atoms with Gasteiger partial charge in [-0.05, 0) is 48.0 Å². The third kappa shape index (κ3) is 3.38. The molecule has 1 atom stereocenters. The number of aromatic nitrogens is 3. The predicted octanol–water partition coefficient (Wildman–Crippen LogP) is 3.83. The van der Waals surface area contributed by atoms with Gasteiger partial charge in [-0.15, -0.1) is 0 Å². The lowest BCUT2D eigenvalue weighted by Gasteiger charge is -2.14. The maximum atomic E-state index is 12.4. The zero-order valence-corrected chi connectivity index (χ0v) is 15.0. The molecule has 0 saturated carbocycles. The Morgan fingerprint density at radius 2 is 1.96 bits per heavy atom. The fourth-order valence-corrected chi connectivity index (χ4v) is 2.94. The first kappa shape index (κ1) is 16.4. The number of benzene rings is 1. The Morgan fingerprint density at radius 3 is 2.67 bits per heavy atom. The molecule has 5 nitrogen and oxygen atoms in total. The Kier molecular flexibility index (Phi) is 4.76. The molecule has 0 spiro atoms. The van der Waals surface area contributed by atoms with E-state index in [2.05, 4.69) is 31.3 Å². The average molecular weight is 385 g/mol. The van der Waals surface area contributed by atoms with E-state index in [1.807, 2.05) is 48.9 Å². The van der Waals surface area contributed by atoms with E-state index in [0.717, 1.165) is 21.4 Å². The minimum absolute atomic E-state index is 0.158. The van der Waals surface area contributed by atoms with E-state index >= 15 is 0 Å². The monoisotopic (exact) mass is 384 g/mol. The van der Waals surface area contributed by atoms with Gasteiger partial charge in [0.2, 0.25) is 0 Å². The molecule has 0 aliphatic rings. The van der Waals surface area contributed by atoms with Crippen LogP contribution in [-0.4, -0.2) is 20.7 Å². The zero-order chi connectivity index (χ0) is 17.1. The van der Waals surface area contributed by atoms with E-state index in [4.69, 9.17) is 0 Å². The van der Waals surface area contributed by atoms with Crippen LogP contribution in [-0.2, 0) is 0 Å². The molecule has 2 heterocycles. The van der Waals surface area contributed by atoms with E-state index in [1.165, 1.54) is 0 Å². The van der Waals surface area contributed by atoms with Crippen molar-refractivity contribution in [1.29, 1.82) is 0 Å². The van der Waals surface area contributed by atoms with Crippen molar-refractivity contribution >= 4 is 21.8 Å². The van der Waals surface area contributed by atoms with Crippen LogP contribution >= 0.6 is 15.9 Å². The summed E-state index contributed by atoms with van der Waals surface area (Å²) in [4.78, 5) is 16.4. The molecule has 0 fully saturated rings. The second-order valence-electron chi connectivity index (χ2n) is 5.52. The molecule has 6 heteroatoms. The van der Waals surface area contributed by atoms with Crippen LogP contribution in [0.3, 0.4) is 0 Å². The highest BCUT2D eigenvalue weighted by Crippen LogP contribution is 2.20. The van der Waals surface area contributed by atoms with Gasteiger partial charge in [0, 0.05) is 28.1 Å². The summed E-state index contributed by atoms with van der Waals surface area (Å²) in [5, 5.41) is 7.44. The molecule has 2 aromatic heterocycles. The van der Waals surface area contributed by atoms with Gasteiger partial charge in [-0.2, -0.15) is 5.10 Å². The van der Waals surface area contributed by atoms with Gasteiger partial charge in [-0.3, -0.25) is 9.78 Å². The van der Waals surface area contributed by atoms with Crippen molar-refractivity contribution in [2.45, 2.75) is 19.9 Å². The van der Waals surface area contributed by atoms with E-state index in [0.29, 0.717) is 5.56 Å². The van der Waals surface area contributed by atoms with Crippen molar-refractivity contribution < 1.29 is 4.79 Å². The molecule has 1 N–H and O–H groups in total. The molecule has 122 valence electrons. The fraction of sp³-hybridized carbons (Fsp3) is 0.167. The predicted molar refractivity (Wildman–Crippen MR) is 96.1 cm³/mol. The van der Waals surface area contributed by atoms with E-state index in [1.54, 1.807) is 24.7 Å². The van der Waals surface area contributed by atoms with Crippen LogP contribution in [0, 0.1) is 6.92 Å². The minimum Gasteiger partial charge on any atom is -0.345 e. The van der Waals surface area contributed by atoms with Gasteiger partial charge in [-0.25, -0.2) is 4.68 Å². The first-order valence-corrected chi connectivity index (χ1v) is 8.37. The number of nitrogens with one attached hydrogen (secondary N) is 1. The normalized spacial score (nSPS) is 12.0. The molecule has 24 heavy (non-hydrogen) atoms. The highest BCUT2D eigenvalue weighted by Gasteiger charge is 2.17. The Hall–Kier alpha value is -2.47. The van der Waals surface area contributed by atoms with Crippen molar-refractivity contribution in [1.82, 2.24) is 20.1 Å². The Bertz CT molecular complexity index is 860. The standard InChI is InChI=1S/C18H17BrN4O/c1-12(22-18(24)14-8-15(19)10-20-9-14)17-11-21-23(13(17)2)16-6-4-3-5-7-16/h3-12H,1-2H3,(H,22,24). The fourth-order valence-electron chi connectivity index (χ4n) is 2.57. The largest absolute Gasteiger partial charge is 0.345 e. The Labute approximate surface area is 148 Å². The maximum Gasteiger partial charge on any atom is 0.253 e. The highest BCUT2D eigenvalue weighted by molar-refractivity contribution is 9.10. The molecule has 0 aliphatic carbocycles. The topological polar surface area (TPSA) is 59.8 Å². The number of hydrogen-bond acceptors (Lipinski definition) is 3. The highest BCUT2D eigenvalue weighted by atomic mass is 79.9. The third-order valence-corrected chi connectivity index (χ3v) is 4.26. The van der Waals surface area contributed by atoms with Crippen LogP contribution in [0.2, 0.25) is 0 Å². The van der Waals surface area contributed by atoms with Crippen LogP contribution in [0.5, 0.6) is 0 Å². The number of amides is 1. The van der Waals surface area contributed by atoms with Gasteiger partial charge < -0.3 is 5.32 Å². The quantitative estimate of drug-likeness (QED) is 0.743. The van der Waals surface area contributed by atoms with Crippen LogP contribution in [0.15, 0.2) is 59.5 Å². The van der Waals surface area contributed by atoms with Gasteiger partial charge in [-0.1, -0.05) is 18.2 Å². The summed E-state index contributed by atoms with van der Waals surface area (Å²) in [5.74, 6) is -0.164. The number of para-hydroxylation sites is 1. The van der Waals surface area contributed by atoms with Crippen molar-refractivity contribution in [3.63, 3.8) is 0 Å². The minimum atomic E-state index is -0.164. The van der Waals surface area contributed by atoms with Gasteiger partial charge in [0.25, 0.3) is 5.91 Å². The van der Waals surface area contributed by atoms with Crippen LogP contribution in [0.1, 0.15) is 34.6 Å². The van der Waals surface area contributed by atoms with E-state index < -0.39 is 0 Å². The second-order valence-corrected chi connectivity index (χ2v) is 6.44. The molecule has 3 rings (SSSR count). The first-order chi connectivity index (χ1) is 11.6. The maximum absolute atomic E-state index is 12.4. The molecule has 0 saturated heterocycles. The molecular formula is C18H17BrN4O. The molecule has 3 aromatic rings. The van der Waals surface area contributed by atoms with E-state index in [-0.39, 0.29) is 11.9 Å². The molecule has 0 radical (unpaired) electrons. The van der Waals surface area contributed by atoms with Gasteiger partial charge in [0.05, 0.1) is 23.5 Å². The number of carbonyl (C=O) groups excluding carboxylic acids is 1. The first-order valence-electron chi connectivity index (χ1n) is 7.57. The van der Waals surface area contributed by atoms with Gasteiger partial charge in [0.15, 0.2) is 0 Å². The number of halogens is 1. The Balaban J connectivity index is 1.80. The zero-order valence-electron chi connectivity index (χ0n) is 13.4. The molecule has 1 aromatic carbocycles. The summed E-state index contributed by atoms with van der Waals surface area (Å²) >= 11 is 3.33. The average Bonchev–Trinajstić information content (AvgIpc) is 2.97. The van der Waals surface area contributed by atoms with Crippen molar-refractivity contribution in [3.05, 3.63) is 76.3 Å². The summed E-state index contributed by atoms with van der Waals surface area (Å²) in [5.41, 5.74) is 3.50. The molecular weight excluding hydrogens is 368 g/mol. The summed E-state index contributed by atoms with van der Waals surface area (Å²) in [6.45, 7) is 3.95. The summed E-state index contributed by atoms with van der Waals surface area (Å²) < 4.78 is 2.65. The molecule has 1 amide bonds. The number of rotatable bonds is 4. The lowest BCUT2D eigenvalue weighted by atomic mass is 10.1. The summed E-state index contributed by atoms with van der Waals surface area (Å²) in [6.07, 6.45) is 4.99. The van der Waals surface area contributed by atoms with E-state index in [9.17, 15) is 4.79 Å². The number of pyridine rings is 1. The van der Waals surface area contributed by atoms with Crippen LogP contribution in [0.25, 0.3) is 5.69 Å². The number of nitrogens with zero attached hydrogens (tertiary/aromatic N) is 3. The van der Waals surface area contributed by atoms with Crippen molar-refractivity contribution in [2.24, 2.45) is 0 Å². The second kappa shape index (κ2) is 6.97. The molecule has 0 bridgehead atoms. The lowest BCUT2D eigenvalue weighted by molar-refractivity contribution is 0.0939. The van der Waals surface area contributed by atoms with Crippen LogP contribution < -0.4 is 5.32 Å². The SMILES string of the molecule is Cc1c(C(C)NC(=O)c2cncc(Br)c2)cnn1-c1ccccc1. The molecule has 0 aliphatic heterocycles. The van der Waals surface area contributed by atoms with Gasteiger partial charge >= 0.3 is 0 Å². The number of carbonyl (C=O) groups is 1.